The Bertz CT molecular complexity index is 927. The van der Waals surface area contributed by atoms with Crippen LogP contribution in [0.1, 0.15) is 18.5 Å². The van der Waals surface area contributed by atoms with E-state index in [9.17, 15) is 4.79 Å². The molecule has 2 amide bonds. The smallest absolute Gasteiger partial charge is 0.317 e. The summed E-state index contributed by atoms with van der Waals surface area (Å²) in [6.45, 7) is 4.75. The molecule has 146 valence electrons. The average molecular weight is 380 g/mol. The van der Waals surface area contributed by atoms with Crippen LogP contribution in [0.4, 0.5) is 10.7 Å². The van der Waals surface area contributed by atoms with Gasteiger partial charge in [-0.2, -0.15) is 5.10 Å². The number of aryl methyl sites for hydroxylation is 1. The van der Waals surface area contributed by atoms with Crippen molar-refractivity contribution in [3.8, 4) is 5.69 Å². The van der Waals surface area contributed by atoms with Gasteiger partial charge >= 0.3 is 6.03 Å². The van der Waals surface area contributed by atoms with Crippen LogP contribution in [-0.2, 0) is 7.05 Å². The van der Waals surface area contributed by atoms with E-state index in [1.54, 1.807) is 12.5 Å². The van der Waals surface area contributed by atoms with Gasteiger partial charge in [0.15, 0.2) is 0 Å². The highest BCUT2D eigenvalue weighted by atomic mass is 16.2. The van der Waals surface area contributed by atoms with Gasteiger partial charge in [-0.1, -0.05) is 18.2 Å². The van der Waals surface area contributed by atoms with Gasteiger partial charge in [0.25, 0.3) is 0 Å². The lowest BCUT2D eigenvalue weighted by molar-refractivity contribution is 0.191. The summed E-state index contributed by atoms with van der Waals surface area (Å²) in [5.41, 5.74) is 1.99. The number of piperazine rings is 1. The van der Waals surface area contributed by atoms with Gasteiger partial charge in [-0.3, -0.25) is 0 Å². The zero-order chi connectivity index (χ0) is 19.5. The first kappa shape index (κ1) is 18.0. The second-order valence-electron chi connectivity index (χ2n) is 6.90. The molecule has 2 aromatic heterocycles. The van der Waals surface area contributed by atoms with Crippen LogP contribution in [0.15, 0.2) is 49.1 Å². The highest BCUT2D eigenvalue weighted by Crippen LogP contribution is 2.21. The van der Waals surface area contributed by atoms with Crippen LogP contribution in [-0.4, -0.2) is 61.7 Å². The lowest BCUT2D eigenvalue weighted by atomic mass is 10.1. The fourth-order valence-electron chi connectivity index (χ4n) is 3.50. The zero-order valence-electron chi connectivity index (χ0n) is 16.1. The highest BCUT2D eigenvalue weighted by Gasteiger charge is 2.25. The molecule has 9 heteroatoms. The monoisotopic (exact) mass is 380 g/mol. The molecule has 0 radical (unpaired) electrons. The third-order valence-corrected chi connectivity index (χ3v) is 5.03. The summed E-state index contributed by atoms with van der Waals surface area (Å²) in [6.07, 6.45) is 5.34. The summed E-state index contributed by atoms with van der Waals surface area (Å²) in [5, 5.41) is 15.5. The Morgan fingerprint density at radius 2 is 1.93 bits per heavy atom. The molecule has 1 aromatic carbocycles. The van der Waals surface area contributed by atoms with Gasteiger partial charge in [0.05, 0.1) is 11.7 Å². The molecule has 28 heavy (non-hydrogen) atoms. The third-order valence-electron chi connectivity index (χ3n) is 5.03. The fourth-order valence-corrected chi connectivity index (χ4v) is 3.50. The second-order valence-corrected chi connectivity index (χ2v) is 6.90. The Kier molecular flexibility index (Phi) is 4.96. The number of hydrogen-bond donors (Lipinski definition) is 1. The Hall–Kier alpha value is -3.36. The number of nitrogens with zero attached hydrogens (tertiary/aromatic N) is 7. The van der Waals surface area contributed by atoms with Crippen LogP contribution in [0, 0.1) is 0 Å². The van der Waals surface area contributed by atoms with Crippen molar-refractivity contribution in [2.45, 2.75) is 13.0 Å². The summed E-state index contributed by atoms with van der Waals surface area (Å²) < 4.78 is 3.71. The average Bonchev–Trinajstić information content (AvgIpc) is 3.40. The number of nitrogens with one attached hydrogen (secondary N) is 1. The minimum absolute atomic E-state index is 0.0552. The molecule has 1 aliphatic heterocycles. The van der Waals surface area contributed by atoms with Crippen molar-refractivity contribution in [1.82, 2.24) is 34.8 Å². The molecule has 0 saturated carbocycles. The van der Waals surface area contributed by atoms with Crippen LogP contribution in [0.5, 0.6) is 0 Å². The Morgan fingerprint density at radius 3 is 2.61 bits per heavy atom. The molecule has 0 spiro atoms. The maximum atomic E-state index is 12.8. The first-order chi connectivity index (χ1) is 13.6. The van der Waals surface area contributed by atoms with Crippen LogP contribution >= 0.6 is 0 Å². The van der Waals surface area contributed by atoms with Gasteiger partial charge in [0, 0.05) is 45.6 Å². The van der Waals surface area contributed by atoms with E-state index in [1.807, 2.05) is 64.6 Å². The summed E-state index contributed by atoms with van der Waals surface area (Å²) in [4.78, 5) is 16.8. The largest absolute Gasteiger partial charge is 0.337 e. The lowest BCUT2D eigenvalue weighted by Gasteiger charge is -2.35. The Morgan fingerprint density at radius 1 is 1.14 bits per heavy atom. The van der Waals surface area contributed by atoms with E-state index in [1.165, 1.54) is 0 Å². The number of hydrogen-bond acceptors (Lipinski definition) is 5. The molecular formula is C19H24N8O. The van der Waals surface area contributed by atoms with Gasteiger partial charge in [-0.05, 0) is 24.6 Å². The first-order valence-electron chi connectivity index (χ1n) is 9.37. The standard InChI is InChI=1S/C19H24N8O/c1-15(16-6-3-4-7-17(16)27-9-5-8-21-27)22-19(28)26-12-10-25(11-13-26)18-23-20-14-24(18)2/h3-9,14-15H,10-13H2,1-2H3,(H,22,28). The first-order valence-corrected chi connectivity index (χ1v) is 9.37. The fraction of sp³-hybridized carbons (Fsp3) is 0.368. The van der Waals surface area contributed by atoms with Crippen molar-refractivity contribution in [3.05, 3.63) is 54.6 Å². The van der Waals surface area contributed by atoms with E-state index < -0.39 is 0 Å². The van der Waals surface area contributed by atoms with Crippen molar-refractivity contribution in [1.29, 1.82) is 0 Å². The van der Waals surface area contributed by atoms with Gasteiger partial charge < -0.3 is 19.7 Å². The van der Waals surface area contributed by atoms with E-state index in [-0.39, 0.29) is 12.1 Å². The van der Waals surface area contributed by atoms with E-state index in [0.29, 0.717) is 13.1 Å². The van der Waals surface area contributed by atoms with Crippen molar-refractivity contribution in [3.63, 3.8) is 0 Å². The van der Waals surface area contributed by atoms with Crippen molar-refractivity contribution in [2.24, 2.45) is 7.05 Å². The van der Waals surface area contributed by atoms with Gasteiger partial charge in [0.2, 0.25) is 5.95 Å². The molecule has 1 fully saturated rings. The minimum Gasteiger partial charge on any atom is -0.337 e. The van der Waals surface area contributed by atoms with Gasteiger partial charge in [0.1, 0.15) is 6.33 Å². The third kappa shape index (κ3) is 3.55. The van der Waals surface area contributed by atoms with Crippen LogP contribution in [0.2, 0.25) is 0 Å². The molecule has 0 bridgehead atoms. The highest BCUT2D eigenvalue weighted by molar-refractivity contribution is 5.75. The summed E-state index contributed by atoms with van der Waals surface area (Å²) >= 11 is 0. The molecule has 1 aliphatic rings. The predicted octanol–water partition coefficient (Wildman–Crippen LogP) is 1.59. The Labute approximate surface area is 163 Å². The van der Waals surface area contributed by atoms with Gasteiger partial charge in [-0.25, -0.2) is 9.48 Å². The molecule has 1 saturated heterocycles. The molecule has 0 aliphatic carbocycles. The van der Waals surface area contributed by atoms with E-state index in [0.717, 1.165) is 30.3 Å². The minimum atomic E-state index is -0.135. The van der Waals surface area contributed by atoms with Crippen molar-refractivity contribution >= 4 is 12.0 Å². The topological polar surface area (TPSA) is 84.1 Å². The van der Waals surface area contributed by atoms with Crippen LogP contribution < -0.4 is 10.2 Å². The molecular weight excluding hydrogens is 356 g/mol. The molecule has 1 unspecified atom stereocenters. The van der Waals surface area contributed by atoms with E-state index in [4.69, 9.17) is 0 Å². The van der Waals surface area contributed by atoms with Gasteiger partial charge in [-0.15, -0.1) is 10.2 Å². The quantitative estimate of drug-likeness (QED) is 0.743. The normalized spacial score (nSPS) is 15.5. The molecule has 3 aromatic rings. The summed E-state index contributed by atoms with van der Waals surface area (Å²) in [7, 11) is 1.92. The number of carbonyl (C=O) groups is 1. The molecule has 1 atom stereocenters. The zero-order valence-corrected chi connectivity index (χ0v) is 16.1. The second kappa shape index (κ2) is 7.71. The summed E-state index contributed by atoms with van der Waals surface area (Å²) in [6, 6.07) is 9.67. The Balaban J connectivity index is 1.39. The number of aromatic nitrogens is 5. The predicted molar refractivity (Wildman–Crippen MR) is 105 cm³/mol. The molecule has 9 nitrogen and oxygen atoms in total. The number of benzene rings is 1. The molecule has 1 N–H and O–H groups in total. The van der Waals surface area contributed by atoms with E-state index in [2.05, 4.69) is 25.5 Å². The molecule has 3 heterocycles. The number of rotatable bonds is 4. The molecule has 4 rings (SSSR count). The number of para-hydroxylation sites is 1. The number of anilines is 1. The van der Waals surface area contributed by atoms with Crippen molar-refractivity contribution in [2.75, 3.05) is 31.1 Å². The number of amides is 2. The maximum absolute atomic E-state index is 12.8. The maximum Gasteiger partial charge on any atom is 0.317 e. The lowest BCUT2D eigenvalue weighted by Crippen LogP contribution is -2.52. The number of urea groups is 1. The van der Waals surface area contributed by atoms with E-state index >= 15 is 0 Å². The van der Waals surface area contributed by atoms with Crippen LogP contribution in [0.3, 0.4) is 0 Å². The SMILES string of the molecule is CC(NC(=O)N1CCN(c2nncn2C)CC1)c1ccccc1-n1cccn1. The number of carbonyl (C=O) groups excluding carboxylic acids is 1. The summed E-state index contributed by atoms with van der Waals surface area (Å²) in [5.74, 6) is 0.835. The van der Waals surface area contributed by atoms with Crippen LogP contribution in [0.25, 0.3) is 5.69 Å². The van der Waals surface area contributed by atoms with Crippen molar-refractivity contribution < 1.29 is 4.79 Å².